The predicted molar refractivity (Wildman–Crippen MR) is 187 cm³/mol. The second-order valence-electron chi connectivity index (χ2n) is 11.4. The molecule has 0 saturated heterocycles. The minimum absolute atomic E-state index is 0.463. The lowest BCUT2D eigenvalue weighted by Gasteiger charge is -2.12. The maximum absolute atomic E-state index is 6.15. The lowest BCUT2D eigenvalue weighted by molar-refractivity contribution is -0.705. The Labute approximate surface area is 273 Å². The van der Waals surface area contributed by atoms with Crippen molar-refractivity contribution in [3.8, 4) is 23.0 Å². The lowest BCUT2D eigenvalue weighted by atomic mass is 10.1. The van der Waals surface area contributed by atoms with E-state index in [4.69, 9.17) is 18.9 Å². The molecule has 1 heterocycles. The van der Waals surface area contributed by atoms with Crippen LogP contribution < -0.4 is 23.5 Å². The summed E-state index contributed by atoms with van der Waals surface area (Å²) in [6.45, 7) is 6.30. The molecule has 0 unspecified atom stereocenters. The van der Waals surface area contributed by atoms with Gasteiger partial charge in [0.25, 0.3) is 0 Å². The van der Waals surface area contributed by atoms with Crippen LogP contribution in [0.25, 0.3) is 24.3 Å². The van der Waals surface area contributed by atoms with E-state index in [2.05, 4.69) is 85.2 Å². The van der Waals surface area contributed by atoms with E-state index in [-0.39, 0.29) is 0 Å². The van der Waals surface area contributed by atoms with Gasteiger partial charge in [-0.3, -0.25) is 0 Å². The molecule has 1 aromatic heterocycles. The molecule has 5 heteroatoms. The van der Waals surface area contributed by atoms with Crippen molar-refractivity contribution in [3.63, 3.8) is 0 Å². The third-order valence-electron chi connectivity index (χ3n) is 7.45. The smallest absolute Gasteiger partial charge is 0.205 e. The van der Waals surface area contributed by atoms with Gasteiger partial charge >= 0.3 is 0 Å². The van der Waals surface area contributed by atoms with E-state index in [0.717, 1.165) is 40.2 Å². The van der Waals surface area contributed by atoms with Gasteiger partial charge in [0.1, 0.15) is 13.2 Å². The summed E-state index contributed by atoms with van der Waals surface area (Å²) in [6, 6.07) is 38.7. The molecule has 0 N–H and O–H groups in total. The Hall–Kier alpha value is -5.29. The highest BCUT2D eigenvalue weighted by atomic mass is 16.5. The third kappa shape index (κ3) is 8.89. The quantitative estimate of drug-likeness (QED) is 0.117. The van der Waals surface area contributed by atoms with Crippen molar-refractivity contribution in [1.29, 1.82) is 0 Å². The van der Waals surface area contributed by atoms with Gasteiger partial charge in [-0.1, -0.05) is 86.6 Å². The van der Waals surface area contributed by atoms with Crippen LogP contribution in [0.2, 0.25) is 0 Å². The average Bonchev–Trinajstić information content (AvgIpc) is 3.09. The number of aromatic nitrogens is 1. The van der Waals surface area contributed by atoms with E-state index in [1.165, 1.54) is 0 Å². The fourth-order valence-corrected chi connectivity index (χ4v) is 5.09. The van der Waals surface area contributed by atoms with Crippen LogP contribution in [0.5, 0.6) is 23.0 Å². The van der Waals surface area contributed by atoms with E-state index >= 15 is 0 Å². The van der Waals surface area contributed by atoms with Crippen LogP contribution in [0.3, 0.4) is 0 Å². The molecule has 0 atom stereocenters. The molecule has 0 saturated carbocycles. The molecule has 0 aliphatic heterocycles. The zero-order chi connectivity index (χ0) is 32.1. The van der Waals surface area contributed by atoms with Crippen LogP contribution in [-0.2, 0) is 19.8 Å². The van der Waals surface area contributed by atoms with Crippen LogP contribution in [-0.4, -0.2) is 14.2 Å². The fourth-order valence-electron chi connectivity index (χ4n) is 5.09. The molecule has 5 rings (SSSR count). The number of nitrogens with zero attached hydrogens (tertiary/aromatic N) is 1. The summed E-state index contributed by atoms with van der Waals surface area (Å²) < 4.78 is 25.8. The Morgan fingerprint density at radius 2 is 0.978 bits per heavy atom. The van der Waals surface area contributed by atoms with E-state index < -0.39 is 0 Å². The molecule has 0 radical (unpaired) electrons. The Morgan fingerprint density at radius 3 is 1.39 bits per heavy atom. The standard InChI is InChI=1S/C41H42NO4/c1-31(2)28-42-36(22-18-32-20-24-38(43-3)40(26-32)45-29-34-12-7-5-8-13-34)16-11-17-37(42)23-19-33-21-25-39(44-4)41(27-33)46-30-35-14-9-6-10-15-35/h5-27,31H,28-30H2,1-4H3/q+1/b22-18+,23-19+. The van der Waals surface area contributed by atoms with E-state index in [0.29, 0.717) is 42.1 Å². The van der Waals surface area contributed by atoms with Crippen LogP contribution in [0.4, 0.5) is 0 Å². The molecular formula is C41H42NO4+. The molecule has 0 spiro atoms. The number of rotatable bonds is 14. The number of ether oxygens (including phenoxy) is 4. The molecule has 0 bridgehead atoms. The Morgan fingerprint density at radius 1 is 0.522 bits per heavy atom. The van der Waals surface area contributed by atoms with Crippen LogP contribution in [0, 0.1) is 5.92 Å². The maximum Gasteiger partial charge on any atom is 0.205 e. The second-order valence-corrected chi connectivity index (χ2v) is 11.4. The van der Waals surface area contributed by atoms with Gasteiger partial charge in [0, 0.05) is 30.2 Å². The summed E-state index contributed by atoms with van der Waals surface area (Å²) in [4.78, 5) is 0. The van der Waals surface area contributed by atoms with Gasteiger partial charge in [-0.2, -0.15) is 4.57 Å². The van der Waals surface area contributed by atoms with Crippen LogP contribution >= 0.6 is 0 Å². The number of hydrogen-bond donors (Lipinski definition) is 0. The van der Waals surface area contributed by atoms with Gasteiger partial charge in [0.05, 0.1) is 14.2 Å². The van der Waals surface area contributed by atoms with Crippen molar-refractivity contribution in [1.82, 2.24) is 0 Å². The summed E-state index contributed by atoms with van der Waals surface area (Å²) in [7, 11) is 3.33. The largest absolute Gasteiger partial charge is 0.493 e. The highest BCUT2D eigenvalue weighted by Gasteiger charge is 2.15. The summed E-state index contributed by atoms with van der Waals surface area (Å²) in [6.07, 6.45) is 8.55. The molecule has 0 aliphatic carbocycles. The zero-order valence-corrected chi connectivity index (χ0v) is 27.1. The molecule has 46 heavy (non-hydrogen) atoms. The molecular weight excluding hydrogens is 570 g/mol. The van der Waals surface area contributed by atoms with Gasteiger partial charge in [0.15, 0.2) is 29.5 Å². The summed E-state index contributed by atoms with van der Waals surface area (Å²) >= 11 is 0. The van der Waals surface area contributed by atoms with Gasteiger partial charge in [-0.25, -0.2) is 0 Å². The van der Waals surface area contributed by atoms with Crippen LogP contribution in [0.15, 0.2) is 115 Å². The first-order valence-corrected chi connectivity index (χ1v) is 15.6. The molecule has 4 aromatic carbocycles. The minimum Gasteiger partial charge on any atom is -0.493 e. The predicted octanol–water partition coefficient (Wildman–Crippen LogP) is 9.15. The molecule has 5 aromatic rings. The first kappa shape index (κ1) is 32.1. The summed E-state index contributed by atoms with van der Waals surface area (Å²) in [5.74, 6) is 3.31. The molecule has 0 amide bonds. The van der Waals surface area contributed by atoms with Gasteiger partial charge < -0.3 is 18.9 Å². The zero-order valence-electron chi connectivity index (χ0n) is 27.1. The number of methoxy groups -OCH3 is 2. The van der Waals surface area contributed by atoms with Crippen LogP contribution in [0.1, 0.15) is 47.5 Å². The topological polar surface area (TPSA) is 40.8 Å². The van der Waals surface area contributed by atoms with Gasteiger partial charge in [-0.15, -0.1) is 0 Å². The third-order valence-corrected chi connectivity index (χ3v) is 7.45. The van der Waals surface area contributed by atoms with Crippen molar-refractivity contribution in [2.45, 2.75) is 33.6 Å². The number of benzene rings is 4. The number of pyridine rings is 1. The summed E-state index contributed by atoms with van der Waals surface area (Å²) in [5, 5.41) is 0. The first-order chi connectivity index (χ1) is 22.5. The van der Waals surface area contributed by atoms with Crippen molar-refractivity contribution in [3.05, 3.63) is 149 Å². The lowest BCUT2D eigenvalue weighted by Crippen LogP contribution is -2.42. The highest BCUT2D eigenvalue weighted by molar-refractivity contribution is 5.71. The first-order valence-electron chi connectivity index (χ1n) is 15.6. The van der Waals surface area contributed by atoms with Gasteiger partial charge in [0.2, 0.25) is 11.4 Å². The molecule has 234 valence electrons. The normalized spacial score (nSPS) is 11.3. The Bertz CT molecular complexity index is 1640. The highest BCUT2D eigenvalue weighted by Crippen LogP contribution is 2.31. The molecule has 0 aliphatic rings. The summed E-state index contributed by atoms with van der Waals surface area (Å²) in [5.41, 5.74) is 6.50. The van der Waals surface area contributed by atoms with E-state index in [9.17, 15) is 0 Å². The van der Waals surface area contributed by atoms with Crippen molar-refractivity contribution in [2.75, 3.05) is 14.2 Å². The molecule has 5 nitrogen and oxygen atoms in total. The number of hydrogen-bond acceptors (Lipinski definition) is 4. The second kappa shape index (κ2) is 16.1. The van der Waals surface area contributed by atoms with E-state index in [1.54, 1.807) is 14.2 Å². The fraction of sp³-hybridized carbons (Fsp3) is 0.195. The van der Waals surface area contributed by atoms with Crippen molar-refractivity contribution in [2.24, 2.45) is 5.92 Å². The van der Waals surface area contributed by atoms with Gasteiger partial charge in [-0.05, 0) is 64.7 Å². The molecule has 0 fully saturated rings. The SMILES string of the molecule is COc1ccc(/C=C/c2cccc(/C=C/c3ccc(OC)c(OCc4ccccc4)c3)[n+]2CC(C)C)cc1OCc1ccccc1. The monoisotopic (exact) mass is 612 g/mol. The Balaban J connectivity index is 1.37. The average molecular weight is 613 g/mol. The minimum atomic E-state index is 0.463. The Kier molecular flexibility index (Phi) is 11.3. The maximum atomic E-state index is 6.15. The van der Waals surface area contributed by atoms with E-state index in [1.807, 2.05) is 72.8 Å². The van der Waals surface area contributed by atoms with Crippen molar-refractivity contribution < 1.29 is 23.5 Å². The van der Waals surface area contributed by atoms with Crippen molar-refractivity contribution >= 4 is 24.3 Å².